The van der Waals surface area contributed by atoms with Crippen molar-refractivity contribution in [1.82, 2.24) is 0 Å². The lowest BCUT2D eigenvalue weighted by molar-refractivity contribution is 0.0697. The van der Waals surface area contributed by atoms with E-state index in [1.165, 1.54) is 18.9 Å². The number of aromatic carboxylic acids is 1. The Morgan fingerprint density at radius 1 is 1.56 bits per heavy atom. The summed E-state index contributed by atoms with van der Waals surface area (Å²) < 4.78 is 0. The summed E-state index contributed by atoms with van der Waals surface area (Å²) in [4.78, 5) is 13.0. The number of carbonyl (C=O) groups is 1. The van der Waals surface area contributed by atoms with E-state index in [1.807, 2.05) is 7.05 Å². The van der Waals surface area contributed by atoms with Gasteiger partial charge in [0.1, 0.15) is 6.07 Å². The Balaban J connectivity index is 2.32. The van der Waals surface area contributed by atoms with Crippen LogP contribution in [-0.4, -0.2) is 24.2 Å². The van der Waals surface area contributed by atoms with Gasteiger partial charge < -0.3 is 10.0 Å². The lowest BCUT2D eigenvalue weighted by atomic mass is 10.1. The molecule has 1 fully saturated rings. The summed E-state index contributed by atoms with van der Waals surface area (Å²) in [6, 6.07) is 7.17. The molecule has 0 aliphatic heterocycles. The predicted molar refractivity (Wildman–Crippen MR) is 68.7 cm³/mol. The molecule has 94 valence electrons. The highest BCUT2D eigenvalue weighted by Gasteiger charge is 2.31. The van der Waals surface area contributed by atoms with Gasteiger partial charge in [-0.25, -0.2) is 4.79 Å². The third-order valence-electron chi connectivity index (χ3n) is 3.66. The number of hydrogen-bond donors (Lipinski definition) is 1. The van der Waals surface area contributed by atoms with Crippen molar-refractivity contribution in [3.63, 3.8) is 0 Å². The van der Waals surface area contributed by atoms with Gasteiger partial charge in [0.05, 0.1) is 16.8 Å². The molecule has 4 nitrogen and oxygen atoms in total. The number of hydrogen-bond acceptors (Lipinski definition) is 3. The van der Waals surface area contributed by atoms with E-state index in [1.54, 1.807) is 12.1 Å². The van der Waals surface area contributed by atoms with Crippen LogP contribution < -0.4 is 4.90 Å². The monoisotopic (exact) mass is 244 g/mol. The molecule has 0 radical (unpaired) electrons. The first-order chi connectivity index (χ1) is 8.54. The average Bonchev–Trinajstić information content (AvgIpc) is 3.20. The highest BCUT2D eigenvalue weighted by atomic mass is 16.4. The number of benzene rings is 1. The second-order valence-electron chi connectivity index (χ2n) is 4.84. The first-order valence-electron chi connectivity index (χ1n) is 6.05. The maximum Gasteiger partial charge on any atom is 0.335 e. The summed E-state index contributed by atoms with van der Waals surface area (Å²) in [6.07, 6.45) is 2.47. The molecule has 1 aliphatic carbocycles. The van der Waals surface area contributed by atoms with Gasteiger partial charge in [-0.05, 0) is 43.9 Å². The van der Waals surface area contributed by atoms with Crippen LogP contribution in [-0.2, 0) is 0 Å². The molecule has 1 unspecified atom stereocenters. The molecular formula is C14H16N2O2. The minimum absolute atomic E-state index is 0.155. The zero-order chi connectivity index (χ0) is 13.3. The third-order valence-corrected chi connectivity index (χ3v) is 3.66. The molecule has 0 aromatic heterocycles. The molecule has 2 rings (SSSR count). The van der Waals surface area contributed by atoms with Gasteiger partial charge in [0.25, 0.3) is 0 Å². The number of nitrogens with zero attached hydrogens (tertiary/aromatic N) is 2. The van der Waals surface area contributed by atoms with Crippen molar-refractivity contribution in [2.45, 2.75) is 25.8 Å². The maximum absolute atomic E-state index is 10.9. The SMILES string of the molecule is CC(C1CC1)N(C)c1ccc(C(=O)O)cc1C#N. The van der Waals surface area contributed by atoms with E-state index in [0.29, 0.717) is 17.5 Å². The van der Waals surface area contributed by atoms with Crippen LogP contribution in [0.5, 0.6) is 0 Å². The van der Waals surface area contributed by atoms with Crippen molar-refractivity contribution in [3.05, 3.63) is 29.3 Å². The summed E-state index contributed by atoms with van der Waals surface area (Å²) in [6.45, 7) is 2.14. The van der Waals surface area contributed by atoms with Crippen molar-refractivity contribution >= 4 is 11.7 Å². The molecule has 1 aromatic rings. The lowest BCUT2D eigenvalue weighted by Crippen LogP contribution is -2.31. The molecule has 4 heteroatoms. The normalized spacial score (nSPS) is 15.8. The predicted octanol–water partition coefficient (Wildman–Crippen LogP) is 2.49. The molecular weight excluding hydrogens is 228 g/mol. The Labute approximate surface area is 106 Å². The molecule has 0 saturated heterocycles. The van der Waals surface area contributed by atoms with Crippen molar-refractivity contribution in [2.24, 2.45) is 5.92 Å². The summed E-state index contributed by atoms with van der Waals surface area (Å²) in [5.74, 6) is -0.309. The number of carboxylic acid groups (broad SMARTS) is 1. The van der Waals surface area contributed by atoms with Crippen LogP contribution in [0, 0.1) is 17.2 Å². The summed E-state index contributed by atoms with van der Waals surface area (Å²) in [5, 5.41) is 18.1. The molecule has 0 spiro atoms. The molecule has 1 aromatic carbocycles. The molecule has 0 amide bonds. The number of rotatable bonds is 4. The fourth-order valence-corrected chi connectivity index (χ4v) is 2.18. The van der Waals surface area contributed by atoms with E-state index in [0.717, 1.165) is 5.69 Å². The molecule has 0 heterocycles. The fourth-order valence-electron chi connectivity index (χ4n) is 2.18. The van der Waals surface area contributed by atoms with E-state index in [2.05, 4.69) is 17.9 Å². The smallest absolute Gasteiger partial charge is 0.335 e. The van der Waals surface area contributed by atoms with Crippen molar-refractivity contribution in [2.75, 3.05) is 11.9 Å². The molecule has 1 saturated carbocycles. The van der Waals surface area contributed by atoms with Gasteiger partial charge in [-0.1, -0.05) is 0 Å². The summed E-state index contributed by atoms with van der Waals surface area (Å²) in [5.41, 5.74) is 1.38. The fraction of sp³-hybridized carbons (Fsp3) is 0.429. The van der Waals surface area contributed by atoms with Gasteiger partial charge >= 0.3 is 5.97 Å². The lowest BCUT2D eigenvalue weighted by Gasteiger charge is -2.28. The highest BCUT2D eigenvalue weighted by Crippen LogP contribution is 2.37. The van der Waals surface area contributed by atoms with Gasteiger partial charge in [-0.2, -0.15) is 5.26 Å². The van der Waals surface area contributed by atoms with Gasteiger partial charge in [-0.3, -0.25) is 0 Å². The summed E-state index contributed by atoms with van der Waals surface area (Å²) in [7, 11) is 1.96. The van der Waals surface area contributed by atoms with Crippen molar-refractivity contribution in [1.29, 1.82) is 5.26 Å². The highest BCUT2D eigenvalue weighted by molar-refractivity contribution is 5.89. The molecule has 1 N–H and O–H groups in total. The first kappa shape index (κ1) is 12.4. The topological polar surface area (TPSA) is 64.3 Å². The third kappa shape index (κ3) is 2.30. The second kappa shape index (κ2) is 4.69. The zero-order valence-corrected chi connectivity index (χ0v) is 10.6. The molecule has 1 aliphatic rings. The van der Waals surface area contributed by atoms with Crippen LogP contribution in [0.1, 0.15) is 35.7 Å². The first-order valence-corrected chi connectivity index (χ1v) is 6.05. The molecule has 1 atom stereocenters. The molecule has 0 bridgehead atoms. The van der Waals surface area contributed by atoms with E-state index in [4.69, 9.17) is 10.4 Å². The standard InChI is InChI=1S/C14H16N2O2/c1-9(10-3-4-10)16(2)13-6-5-11(14(17)18)7-12(13)8-15/h5-7,9-10H,3-4H2,1-2H3,(H,17,18). The van der Waals surface area contributed by atoms with Crippen LogP contribution >= 0.6 is 0 Å². The van der Waals surface area contributed by atoms with E-state index >= 15 is 0 Å². The average molecular weight is 244 g/mol. The number of anilines is 1. The van der Waals surface area contributed by atoms with E-state index in [9.17, 15) is 4.79 Å². The van der Waals surface area contributed by atoms with E-state index in [-0.39, 0.29) is 5.56 Å². The van der Waals surface area contributed by atoms with Crippen LogP contribution in [0.15, 0.2) is 18.2 Å². The number of carboxylic acids is 1. The quantitative estimate of drug-likeness (QED) is 0.883. The van der Waals surface area contributed by atoms with E-state index < -0.39 is 5.97 Å². The van der Waals surface area contributed by atoms with Crippen LogP contribution in [0.4, 0.5) is 5.69 Å². The van der Waals surface area contributed by atoms with Gasteiger partial charge in [0.15, 0.2) is 0 Å². The van der Waals surface area contributed by atoms with Crippen molar-refractivity contribution in [3.8, 4) is 6.07 Å². The van der Waals surface area contributed by atoms with Crippen LogP contribution in [0.25, 0.3) is 0 Å². The molecule has 18 heavy (non-hydrogen) atoms. The largest absolute Gasteiger partial charge is 0.478 e. The zero-order valence-electron chi connectivity index (χ0n) is 10.6. The summed E-state index contributed by atoms with van der Waals surface area (Å²) >= 11 is 0. The second-order valence-corrected chi connectivity index (χ2v) is 4.84. The Bertz CT molecular complexity index is 515. The Morgan fingerprint density at radius 2 is 2.22 bits per heavy atom. The van der Waals surface area contributed by atoms with Gasteiger partial charge in [0, 0.05) is 13.1 Å². The van der Waals surface area contributed by atoms with Gasteiger partial charge in [0.2, 0.25) is 0 Å². The number of nitriles is 1. The Morgan fingerprint density at radius 3 is 2.72 bits per heavy atom. The Hall–Kier alpha value is -2.02. The van der Waals surface area contributed by atoms with Crippen LogP contribution in [0.3, 0.4) is 0 Å². The van der Waals surface area contributed by atoms with Gasteiger partial charge in [-0.15, -0.1) is 0 Å². The minimum Gasteiger partial charge on any atom is -0.478 e. The Kier molecular flexibility index (Phi) is 3.24. The van der Waals surface area contributed by atoms with Crippen LogP contribution in [0.2, 0.25) is 0 Å². The maximum atomic E-state index is 10.9. The van der Waals surface area contributed by atoms with Crippen molar-refractivity contribution < 1.29 is 9.90 Å². The minimum atomic E-state index is -1.00.